The number of carbonyl (C=O) groups is 1. The third-order valence-corrected chi connectivity index (χ3v) is 5.46. The maximum absolute atomic E-state index is 12.2. The summed E-state index contributed by atoms with van der Waals surface area (Å²) in [5.41, 5.74) is 2.04. The van der Waals surface area contributed by atoms with E-state index >= 15 is 0 Å². The summed E-state index contributed by atoms with van der Waals surface area (Å²) >= 11 is 4.92. The number of rotatable bonds is 4. The van der Waals surface area contributed by atoms with Gasteiger partial charge in [-0.05, 0) is 57.0 Å². The molecule has 1 fully saturated rings. The molecule has 6 heteroatoms. The molecule has 1 amide bonds. The third kappa shape index (κ3) is 4.14. The van der Waals surface area contributed by atoms with E-state index in [4.69, 9.17) is 4.74 Å². The first kappa shape index (κ1) is 17.8. The van der Waals surface area contributed by atoms with Gasteiger partial charge in [0.2, 0.25) is 0 Å². The van der Waals surface area contributed by atoms with Crippen LogP contribution in [0, 0.1) is 0 Å². The molecule has 0 bridgehead atoms. The number of benzene rings is 2. The maximum Gasteiger partial charge on any atom is 0.266 e. The van der Waals surface area contributed by atoms with Gasteiger partial charge in [0.1, 0.15) is 12.4 Å². The van der Waals surface area contributed by atoms with Gasteiger partial charge >= 0.3 is 0 Å². The summed E-state index contributed by atoms with van der Waals surface area (Å²) in [4.78, 5) is 18.5. The first-order valence-electron chi connectivity index (χ1n) is 7.69. The van der Waals surface area contributed by atoms with Crippen LogP contribution in [0.4, 0.5) is 0 Å². The highest BCUT2D eigenvalue weighted by Crippen LogP contribution is 2.33. The van der Waals surface area contributed by atoms with Crippen LogP contribution < -0.4 is 4.74 Å². The molecule has 2 aromatic carbocycles. The summed E-state index contributed by atoms with van der Waals surface area (Å²) in [6, 6.07) is 15.8. The largest absolute Gasteiger partial charge is 0.488 e. The molecule has 0 spiro atoms. The number of carbonyl (C=O) groups excluding carboxylic acids is 1. The fourth-order valence-corrected chi connectivity index (χ4v) is 3.80. The van der Waals surface area contributed by atoms with Crippen molar-refractivity contribution in [3.63, 3.8) is 0 Å². The van der Waals surface area contributed by atoms with E-state index in [1.165, 1.54) is 11.8 Å². The van der Waals surface area contributed by atoms with Crippen LogP contribution in [-0.4, -0.2) is 30.1 Å². The number of hydrogen-bond acceptors (Lipinski definition) is 4. The fourth-order valence-electron chi connectivity index (χ4n) is 2.36. The molecule has 0 aromatic heterocycles. The van der Waals surface area contributed by atoms with Gasteiger partial charge in [0.15, 0.2) is 5.17 Å². The minimum absolute atomic E-state index is 0.0360. The Labute approximate surface area is 159 Å². The number of aliphatic imine (C=N–C) groups is 1. The van der Waals surface area contributed by atoms with Crippen molar-refractivity contribution in [2.45, 2.75) is 6.61 Å². The van der Waals surface area contributed by atoms with Gasteiger partial charge in [-0.15, -0.1) is 0 Å². The van der Waals surface area contributed by atoms with Crippen LogP contribution >= 0.6 is 27.7 Å². The van der Waals surface area contributed by atoms with Crippen molar-refractivity contribution in [2.75, 3.05) is 14.1 Å². The van der Waals surface area contributed by atoms with Gasteiger partial charge in [-0.2, -0.15) is 0 Å². The van der Waals surface area contributed by atoms with Crippen LogP contribution in [0.5, 0.6) is 5.75 Å². The van der Waals surface area contributed by atoms with Gasteiger partial charge in [0, 0.05) is 14.1 Å². The van der Waals surface area contributed by atoms with Gasteiger partial charge in [-0.25, -0.2) is 0 Å². The minimum Gasteiger partial charge on any atom is -0.488 e. The molecule has 0 N–H and O–H groups in total. The first-order chi connectivity index (χ1) is 12.1. The topological polar surface area (TPSA) is 41.9 Å². The summed E-state index contributed by atoms with van der Waals surface area (Å²) in [6.45, 7) is 0.509. The number of amides is 1. The van der Waals surface area contributed by atoms with E-state index in [-0.39, 0.29) is 5.91 Å². The molecule has 1 aliphatic rings. The van der Waals surface area contributed by atoms with Gasteiger partial charge in [0.25, 0.3) is 5.91 Å². The quantitative estimate of drug-likeness (QED) is 0.685. The summed E-state index contributed by atoms with van der Waals surface area (Å²) in [7, 11) is 3.42. The van der Waals surface area contributed by atoms with Crippen molar-refractivity contribution in [1.82, 2.24) is 4.90 Å². The Kier molecular flexibility index (Phi) is 5.60. The second-order valence-corrected chi connectivity index (χ2v) is 7.31. The van der Waals surface area contributed by atoms with Gasteiger partial charge in [0.05, 0.1) is 9.38 Å². The molecule has 0 aliphatic carbocycles. The molecular weight excluding hydrogens is 400 g/mol. The number of amidine groups is 1. The van der Waals surface area contributed by atoms with Gasteiger partial charge < -0.3 is 4.74 Å². The summed E-state index contributed by atoms with van der Waals surface area (Å²) in [5.74, 6) is 0.732. The summed E-state index contributed by atoms with van der Waals surface area (Å²) in [5, 5.41) is 0.707. The van der Waals surface area contributed by atoms with Crippen LogP contribution in [-0.2, 0) is 11.4 Å². The number of ether oxygens (including phenoxy) is 1. The van der Waals surface area contributed by atoms with Crippen molar-refractivity contribution < 1.29 is 9.53 Å². The standard InChI is InChI=1S/C19H17BrN2O2S/c1-21-19-22(2)18(23)17(25-19)11-14-8-9-16(15(20)10-14)24-12-13-6-4-3-5-7-13/h3-11H,12H2,1-2H3/b17-11+,21-19?. The lowest BCUT2D eigenvalue weighted by Crippen LogP contribution is -2.23. The highest BCUT2D eigenvalue weighted by Gasteiger charge is 2.29. The van der Waals surface area contributed by atoms with Crippen LogP contribution in [0.15, 0.2) is 62.9 Å². The van der Waals surface area contributed by atoms with E-state index in [1.54, 1.807) is 19.0 Å². The number of nitrogens with zero attached hydrogens (tertiary/aromatic N) is 2. The van der Waals surface area contributed by atoms with Crippen molar-refractivity contribution in [2.24, 2.45) is 4.99 Å². The lowest BCUT2D eigenvalue weighted by molar-refractivity contribution is -0.121. The van der Waals surface area contributed by atoms with E-state index in [9.17, 15) is 4.79 Å². The molecular formula is C19H17BrN2O2S. The first-order valence-corrected chi connectivity index (χ1v) is 9.30. The molecule has 2 aromatic rings. The van der Waals surface area contributed by atoms with Crippen molar-refractivity contribution >= 4 is 44.8 Å². The zero-order valence-electron chi connectivity index (χ0n) is 13.9. The Balaban J connectivity index is 1.74. The van der Waals surface area contributed by atoms with Gasteiger partial charge in [-0.1, -0.05) is 36.4 Å². The average Bonchev–Trinajstić information content (AvgIpc) is 2.90. The Bertz CT molecular complexity index is 850. The Morgan fingerprint density at radius 1 is 1.24 bits per heavy atom. The lowest BCUT2D eigenvalue weighted by Gasteiger charge is -2.09. The summed E-state index contributed by atoms with van der Waals surface area (Å²) < 4.78 is 6.71. The minimum atomic E-state index is -0.0360. The van der Waals surface area contributed by atoms with Crippen molar-refractivity contribution in [1.29, 1.82) is 0 Å². The van der Waals surface area contributed by atoms with Crippen molar-refractivity contribution in [3.8, 4) is 5.75 Å². The molecule has 1 aliphatic heterocycles. The van der Waals surface area contributed by atoms with E-state index in [0.717, 1.165) is 21.3 Å². The predicted molar refractivity (Wildman–Crippen MR) is 107 cm³/mol. The fraction of sp³-hybridized carbons (Fsp3) is 0.158. The number of halogens is 1. The summed E-state index contributed by atoms with van der Waals surface area (Å²) in [6.07, 6.45) is 1.87. The molecule has 4 nitrogen and oxygen atoms in total. The van der Waals surface area contributed by atoms with Gasteiger partial charge in [-0.3, -0.25) is 14.7 Å². The molecule has 0 unspecified atom stereocenters. The molecule has 0 atom stereocenters. The monoisotopic (exact) mass is 416 g/mol. The lowest BCUT2D eigenvalue weighted by atomic mass is 10.2. The zero-order valence-corrected chi connectivity index (χ0v) is 16.3. The van der Waals surface area contributed by atoms with Crippen molar-refractivity contribution in [3.05, 3.63) is 69.0 Å². The zero-order chi connectivity index (χ0) is 17.8. The third-order valence-electron chi connectivity index (χ3n) is 3.69. The Hall–Kier alpha value is -2.05. The Morgan fingerprint density at radius 2 is 2.00 bits per heavy atom. The molecule has 25 heavy (non-hydrogen) atoms. The SMILES string of the molecule is CN=C1S/C(=C/c2ccc(OCc3ccccc3)c(Br)c2)C(=O)N1C. The van der Waals surface area contributed by atoms with E-state index in [2.05, 4.69) is 20.9 Å². The Morgan fingerprint density at radius 3 is 2.64 bits per heavy atom. The normalized spacial score (nSPS) is 17.6. The van der Waals surface area contributed by atoms with Crippen LogP contribution in [0.1, 0.15) is 11.1 Å². The highest BCUT2D eigenvalue weighted by atomic mass is 79.9. The molecule has 0 radical (unpaired) electrons. The number of likely N-dealkylation sites (N-methyl/N-ethyl adjacent to an activating group) is 1. The number of thioether (sulfide) groups is 1. The number of hydrogen-bond donors (Lipinski definition) is 0. The second kappa shape index (κ2) is 7.89. The molecule has 1 saturated heterocycles. The maximum atomic E-state index is 12.2. The average molecular weight is 417 g/mol. The van der Waals surface area contributed by atoms with E-state index in [1.807, 2.05) is 54.6 Å². The van der Waals surface area contributed by atoms with Crippen LogP contribution in [0.25, 0.3) is 6.08 Å². The smallest absolute Gasteiger partial charge is 0.266 e. The second-order valence-electron chi connectivity index (χ2n) is 5.45. The molecule has 3 rings (SSSR count). The molecule has 128 valence electrons. The van der Waals surface area contributed by atoms with Crippen LogP contribution in [0.2, 0.25) is 0 Å². The van der Waals surface area contributed by atoms with Crippen LogP contribution in [0.3, 0.4) is 0 Å². The van der Waals surface area contributed by atoms with E-state index in [0.29, 0.717) is 16.7 Å². The predicted octanol–water partition coefficient (Wildman–Crippen LogP) is 4.56. The molecule has 1 heterocycles. The molecule has 0 saturated carbocycles. The van der Waals surface area contributed by atoms with E-state index < -0.39 is 0 Å². The highest BCUT2D eigenvalue weighted by molar-refractivity contribution is 9.10.